The van der Waals surface area contributed by atoms with Gasteiger partial charge in [-0.1, -0.05) is 30.3 Å². The van der Waals surface area contributed by atoms with Crippen LogP contribution in [0.2, 0.25) is 0 Å². The van der Waals surface area contributed by atoms with E-state index in [1.54, 1.807) is 0 Å². The standard InChI is InChI=1S/C21H25N3O/c1-18-7-2-5-10-21(18)25-16-6-11-23-12-14-24(15-13-23)20-9-4-3-8-19(20)17-22/h2-5,7-10H,6,11-16H2,1H3. The number of anilines is 1. The van der Waals surface area contributed by atoms with Gasteiger partial charge in [-0.15, -0.1) is 0 Å². The van der Waals surface area contributed by atoms with Crippen LogP contribution >= 0.6 is 0 Å². The fraction of sp³-hybridized carbons (Fsp3) is 0.381. The van der Waals surface area contributed by atoms with Gasteiger partial charge in [0.05, 0.1) is 17.9 Å². The molecule has 0 atom stereocenters. The molecule has 25 heavy (non-hydrogen) atoms. The number of aryl methyl sites for hydroxylation is 1. The van der Waals surface area contributed by atoms with E-state index in [0.717, 1.165) is 62.8 Å². The topological polar surface area (TPSA) is 39.5 Å². The highest BCUT2D eigenvalue weighted by molar-refractivity contribution is 5.59. The Morgan fingerprint density at radius 1 is 1.00 bits per heavy atom. The first kappa shape index (κ1) is 17.3. The highest BCUT2D eigenvalue weighted by Gasteiger charge is 2.18. The zero-order chi connectivity index (χ0) is 17.5. The molecule has 1 fully saturated rings. The van der Waals surface area contributed by atoms with Crippen molar-refractivity contribution >= 4 is 5.69 Å². The third-order valence-electron chi connectivity index (χ3n) is 4.71. The molecular formula is C21H25N3O. The van der Waals surface area contributed by atoms with Gasteiger partial charge < -0.3 is 9.64 Å². The number of benzene rings is 2. The van der Waals surface area contributed by atoms with Crippen molar-refractivity contribution in [3.05, 3.63) is 59.7 Å². The molecule has 3 rings (SSSR count). The smallest absolute Gasteiger partial charge is 0.122 e. The van der Waals surface area contributed by atoms with E-state index in [-0.39, 0.29) is 0 Å². The molecule has 0 bridgehead atoms. The van der Waals surface area contributed by atoms with Gasteiger partial charge in [0.1, 0.15) is 11.8 Å². The molecule has 0 N–H and O–H groups in total. The zero-order valence-electron chi connectivity index (χ0n) is 14.8. The van der Waals surface area contributed by atoms with Crippen molar-refractivity contribution < 1.29 is 4.74 Å². The van der Waals surface area contributed by atoms with E-state index in [9.17, 15) is 5.26 Å². The molecule has 0 aliphatic carbocycles. The van der Waals surface area contributed by atoms with Gasteiger partial charge in [-0.2, -0.15) is 5.26 Å². The van der Waals surface area contributed by atoms with Crippen LogP contribution in [-0.4, -0.2) is 44.2 Å². The number of hydrogen-bond donors (Lipinski definition) is 0. The van der Waals surface area contributed by atoms with Gasteiger partial charge in [0.25, 0.3) is 0 Å². The Morgan fingerprint density at radius 3 is 2.48 bits per heavy atom. The highest BCUT2D eigenvalue weighted by atomic mass is 16.5. The van der Waals surface area contributed by atoms with Gasteiger partial charge in [0.15, 0.2) is 0 Å². The van der Waals surface area contributed by atoms with Crippen LogP contribution in [-0.2, 0) is 0 Å². The first-order chi connectivity index (χ1) is 12.3. The summed E-state index contributed by atoms with van der Waals surface area (Å²) in [6.07, 6.45) is 1.03. The molecule has 1 heterocycles. The van der Waals surface area contributed by atoms with E-state index in [4.69, 9.17) is 4.74 Å². The molecular weight excluding hydrogens is 310 g/mol. The third-order valence-corrected chi connectivity index (χ3v) is 4.71. The summed E-state index contributed by atoms with van der Waals surface area (Å²) in [4.78, 5) is 4.80. The molecule has 2 aromatic carbocycles. The lowest BCUT2D eigenvalue weighted by Crippen LogP contribution is -2.47. The van der Waals surface area contributed by atoms with Crippen LogP contribution in [0, 0.1) is 18.3 Å². The molecule has 4 nitrogen and oxygen atoms in total. The number of rotatable bonds is 6. The van der Waals surface area contributed by atoms with Crippen molar-refractivity contribution in [3.8, 4) is 11.8 Å². The molecule has 1 aliphatic heterocycles. The lowest BCUT2D eigenvalue weighted by molar-refractivity contribution is 0.224. The second-order valence-electron chi connectivity index (χ2n) is 6.43. The van der Waals surface area contributed by atoms with Crippen LogP contribution in [0.1, 0.15) is 17.5 Å². The first-order valence-corrected chi connectivity index (χ1v) is 8.93. The summed E-state index contributed by atoms with van der Waals surface area (Å²) < 4.78 is 5.88. The van der Waals surface area contributed by atoms with Crippen LogP contribution in [0.4, 0.5) is 5.69 Å². The number of piperazine rings is 1. The van der Waals surface area contributed by atoms with Gasteiger partial charge in [-0.25, -0.2) is 0 Å². The molecule has 0 unspecified atom stereocenters. The molecule has 130 valence electrons. The van der Waals surface area contributed by atoms with Crippen molar-refractivity contribution in [1.29, 1.82) is 5.26 Å². The summed E-state index contributed by atoms with van der Waals surface area (Å²) in [6, 6.07) is 18.3. The Bertz CT molecular complexity index is 730. The number of ether oxygens (including phenoxy) is 1. The maximum Gasteiger partial charge on any atom is 0.122 e. The SMILES string of the molecule is Cc1ccccc1OCCCN1CCN(c2ccccc2C#N)CC1. The molecule has 0 aromatic heterocycles. The maximum atomic E-state index is 9.26. The molecule has 0 amide bonds. The van der Waals surface area contributed by atoms with Crippen LogP contribution in [0.3, 0.4) is 0 Å². The molecule has 0 saturated carbocycles. The highest BCUT2D eigenvalue weighted by Crippen LogP contribution is 2.21. The zero-order valence-corrected chi connectivity index (χ0v) is 14.8. The van der Waals surface area contributed by atoms with E-state index >= 15 is 0 Å². The normalized spacial score (nSPS) is 15.0. The summed E-state index contributed by atoms with van der Waals surface area (Å²) in [7, 11) is 0. The minimum absolute atomic E-state index is 0.752. The van der Waals surface area contributed by atoms with E-state index < -0.39 is 0 Å². The summed E-state index contributed by atoms with van der Waals surface area (Å²) in [5.74, 6) is 0.987. The summed E-state index contributed by atoms with van der Waals surface area (Å²) in [5.41, 5.74) is 3.02. The Morgan fingerprint density at radius 2 is 1.72 bits per heavy atom. The Balaban J connectivity index is 1.41. The first-order valence-electron chi connectivity index (χ1n) is 8.93. The van der Waals surface area contributed by atoms with E-state index in [1.807, 2.05) is 42.5 Å². The number of hydrogen-bond acceptors (Lipinski definition) is 4. The average molecular weight is 335 g/mol. The summed E-state index contributed by atoms with van der Waals surface area (Å²) in [6.45, 7) is 7.89. The van der Waals surface area contributed by atoms with Crippen molar-refractivity contribution in [2.75, 3.05) is 44.2 Å². The van der Waals surface area contributed by atoms with Crippen molar-refractivity contribution in [3.63, 3.8) is 0 Å². The van der Waals surface area contributed by atoms with E-state index in [2.05, 4.69) is 28.9 Å². The van der Waals surface area contributed by atoms with Gasteiger partial charge >= 0.3 is 0 Å². The van der Waals surface area contributed by atoms with Gasteiger partial charge in [-0.3, -0.25) is 4.90 Å². The molecule has 1 saturated heterocycles. The largest absolute Gasteiger partial charge is 0.493 e. The average Bonchev–Trinajstić information content (AvgIpc) is 2.67. The lowest BCUT2D eigenvalue weighted by atomic mass is 10.1. The van der Waals surface area contributed by atoms with Crippen molar-refractivity contribution in [1.82, 2.24) is 4.90 Å². The quantitative estimate of drug-likeness (QED) is 0.758. The van der Waals surface area contributed by atoms with Gasteiger partial charge in [-0.05, 0) is 37.1 Å². The van der Waals surface area contributed by atoms with Crippen LogP contribution in [0.15, 0.2) is 48.5 Å². The molecule has 2 aromatic rings. The Kier molecular flexibility index (Phi) is 5.92. The van der Waals surface area contributed by atoms with E-state index in [1.165, 1.54) is 5.56 Å². The maximum absolute atomic E-state index is 9.26. The Labute approximate surface area is 150 Å². The van der Waals surface area contributed by atoms with Crippen molar-refractivity contribution in [2.24, 2.45) is 0 Å². The third kappa shape index (κ3) is 4.52. The molecule has 1 aliphatic rings. The predicted molar refractivity (Wildman–Crippen MR) is 101 cm³/mol. The molecule has 0 spiro atoms. The number of para-hydroxylation sites is 2. The number of nitriles is 1. The molecule has 0 radical (unpaired) electrons. The summed E-state index contributed by atoms with van der Waals surface area (Å²) >= 11 is 0. The predicted octanol–water partition coefficient (Wildman–Crippen LogP) is 3.46. The second-order valence-corrected chi connectivity index (χ2v) is 6.43. The molecule has 4 heteroatoms. The van der Waals surface area contributed by atoms with Crippen LogP contribution < -0.4 is 9.64 Å². The lowest BCUT2D eigenvalue weighted by Gasteiger charge is -2.36. The van der Waals surface area contributed by atoms with E-state index in [0.29, 0.717) is 0 Å². The number of nitrogens with zero attached hydrogens (tertiary/aromatic N) is 3. The van der Waals surface area contributed by atoms with Crippen LogP contribution in [0.5, 0.6) is 5.75 Å². The second kappa shape index (κ2) is 8.55. The fourth-order valence-corrected chi connectivity index (χ4v) is 3.24. The van der Waals surface area contributed by atoms with Gasteiger partial charge in [0.2, 0.25) is 0 Å². The minimum Gasteiger partial charge on any atom is -0.493 e. The fourth-order valence-electron chi connectivity index (χ4n) is 3.24. The van der Waals surface area contributed by atoms with Crippen LogP contribution in [0.25, 0.3) is 0 Å². The minimum atomic E-state index is 0.752. The van der Waals surface area contributed by atoms with Gasteiger partial charge in [0, 0.05) is 32.7 Å². The monoisotopic (exact) mass is 335 g/mol. The Hall–Kier alpha value is -2.51. The summed E-state index contributed by atoms with van der Waals surface area (Å²) in [5, 5.41) is 9.26. The van der Waals surface area contributed by atoms with Crippen molar-refractivity contribution in [2.45, 2.75) is 13.3 Å².